The molecule has 4 rings (SSSR count). The van der Waals surface area contributed by atoms with Gasteiger partial charge in [0.05, 0.1) is 11.6 Å². The minimum atomic E-state index is 0.874. The summed E-state index contributed by atoms with van der Waals surface area (Å²) in [5.41, 5.74) is 1.99. The molecule has 0 saturated heterocycles. The molecular formula is C11H6N2OS. The largest absolute Gasteiger partial charge is 0.354 e. The molecule has 0 aliphatic rings. The zero-order valence-electron chi connectivity index (χ0n) is 7.68. The van der Waals surface area contributed by atoms with E-state index in [1.165, 1.54) is 10.1 Å². The van der Waals surface area contributed by atoms with Crippen LogP contribution in [0, 0.1) is 0 Å². The number of hydrogen-bond donors (Lipinski definition) is 0. The predicted octanol–water partition coefficient (Wildman–Crippen LogP) is 3.30. The fourth-order valence-electron chi connectivity index (χ4n) is 2.02. The molecule has 0 saturated carbocycles. The van der Waals surface area contributed by atoms with E-state index in [4.69, 9.17) is 4.52 Å². The molecule has 4 heterocycles. The highest BCUT2D eigenvalue weighted by atomic mass is 32.1. The SMILES string of the molecule is c1cc2c(ccn3cc4cnoc4c23)s1. The quantitative estimate of drug-likeness (QED) is 0.449. The van der Waals surface area contributed by atoms with Crippen LogP contribution in [0.3, 0.4) is 0 Å². The maximum absolute atomic E-state index is 5.28. The third kappa shape index (κ3) is 0.824. The van der Waals surface area contributed by atoms with Gasteiger partial charge in [0.25, 0.3) is 0 Å². The Morgan fingerprint density at radius 2 is 2.33 bits per heavy atom. The van der Waals surface area contributed by atoms with Crippen molar-refractivity contribution < 1.29 is 4.52 Å². The minimum Gasteiger partial charge on any atom is -0.354 e. The summed E-state index contributed by atoms with van der Waals surface area (Å²) in [5.74, 6) is 0. The van der Waals surface area contributed by atoms with Gasteiger partial charge in [-0.15, -0.1) is 11.3 Å². The number of thiophene rings is 1. The molecule has 0 fully saturated rings. The van der Waals surface area contributed by atoms with Crippen molar-refractivity contribution in [3.8, 4) is 0 Å². The number of nitrogens with zero attached hydrogens (tertiary/aromatic N) is 2. The average Bonchev–Trinajstić information content (AvgIpc) is 2.89. The molecular weight excluding hydrogens is 208 g/mol. The first-order chi connectivity index (χ1) is 7.43. The zero-order valence-corrected chi connectivity index (χ0v) is 8.49. The van der Waals surface area contributed by atoms with Gasteiger partial charge in [0.15, 0.2) is 5.58 Å². The summed E-state index contributed by atoms with van der Waals surface area (Å²) in [7, 11) is 0. The molecule has 0 atom stereocenters. The fraction of sp³-hybridized carbons (Fsp3) is 0. The van der Waals surface area contributed by atoms with Gasteiger partial charge in [0.1, 0.15) is 5.52 Å². The van der Waals surface area contributed by atoms with E-state index >= 15 is 0 Å². The lowest BCUT2D eigenvalue weighted by Crippen LogP contribution is -1.79. The topological polar surface area (TPSA) is 30.4 Å². The second-order valence-corrected chi connectivity index (χ2v) is 4.46. The maximum Gasteiger partial charge on any atom is 0.192 e. The summed E-state index contributed by atoms with van der Waals surface area (Å²) in [4.78, 5) is 0. The molecule has 0 bridgehead atoms. The molecule has 0 aliphatic carbocycles. The van der Waals surface area contributed by atoms with Gasteiger partial charge < -0.3 is 8.92 Å². The standard InChI is InChI=1S/C11H6N2OS/c1-3-13-6-7-5-12-14-11(7)10(13)8-2-4-15-9(1)8/h1-6H. The molecule has 15 heavy (non-hydrogen) atoms. The summed E-state index contributed by atoms with van der Waals surface area (Å²) in [6, 6.07) is 4.25. The third-order valence-electron chi connectivity index (χ3n) is 2.69. The number of fused-ring (bicyclic) bond motifs is 5. The normalized spacial score (nSPS) is 12.0. The lowest BCUT2D eigenvalue weighted by atomic mass is 10.2. The molecule has 0 aliphatic heterocycles. The van der Waals surface area contributed by atoms with E-state index in [1.54, 1.807) is 17.5 Å². The lowest BCUT2D eigenvalue weighted by Gasteiger charge is -1.95. The van der Waals surface area contributed by atoms with Crippen molar-refractivity contribution in [1.82, 2.24) is 9.56 Å². The molecule has 0 amide bonds. The van der Waals surface area contributed by atoms with Crippen LogP contribution in [-0.2, 0) is 0 Å². The van der Waals surface area contributed by atoms with Crippen LogP contribution < -0.4 is 0 Å². The maximum atomic E-state index is 5.28. The number of hydrogen-bond acceptors (Lipinski definition) is 3. The number of pyridine rings is 1. The van der Waals surface area contributed by atoms with Crippen molar-refractivity contribution in [3.63, 3.8) is 0 Å². The Kier molecular flexibility index (Phi) is 1.20. The van der Waals surface area contributed by atoms with Gasteiger partial charge in [-0.05, 0) is 17.5 Å². The Labute approximate surface area is 88.5 Å². The molecule has 0 radical (unpaired) electrons. The van der Waals surface area contributed by atoms with E-state index in [0.29, 0.717) is 0 Å². The van der Waals surface area contributed by atoms with Gasteiger partial charge in [-0.3, -0.25) is 0 Å². The van der Waals surface area contributed by atoms with Crippen LogP contribution in [0.15, 0.2) is 40.6 Å². The molecule has 4 aromatic rings. The van der Waals surface area contributed by atoms with Gasteiger partial charge in [-0.2, -0.15) is 0 Å². The molecule has 0 aromatic carbocycles. The lowest BCUT2D eigenvalue weighted by molar-refractivity contribution is 0.458. The van der Waals surface area contributed by atoms with Gasteiger partial charge >= 0.3 is 0 Å². The Morgan fingerprint density at radius 1 is 1.33 bits per heavy atom. The third-order valence-corrected chi connectivity index (χ3v) is 3.57. The fourth-order valence-corrected chi connectivity index (χ4v) is 2.81. The van der Waals surface area contributed by atoms with Crippen LogP contribution in [0.5, 0.6) is 0 Å². The Hall–Kier alpha value is -1.81. The summed E-state index contributed by atoms with van der Waals surface area (Å²) in [6.45, 7) is 0. The molecule has 3 nitrogen and oxygen atoms in total. The van der Waals surface area contributed by atoms with E-state index < -0.39 is 0 Å². The van der Waals surface area contributed by atoms with Crippen LogP contribution >= 0.6 is 11.3 Å². The highest BCUT2D eigenvalue weighted by Crippen LogP contribution is 2.31. The Balaban J connectivity index is 2.46. The smallest absolute Gasteiger partial charge is 0.192 e. The van der Waals surface area contributed by atoms with Crippen LogP contribution in [0.2, 0.25) is 0 Å². The van der Waals surface area contributed by atoms with E-state index in [-0.39, 0.29) is 0 Å². The van der Waals surface area contributed by atoms with Gasteiger partial charge in [0, 0.05) is 22.5 Å². The second kappa shape index (κ2) is 2.41. The van der Waals surface area contributed by atoms with Crippen LogP contribution in [0.4, 0.5) is 0 Å². The van der Waals surface area contributed by atoms with Crippen molar-refractivity contribution in [2.24, 2.45) is 0 Å². The van der Waals surface area contributed by atoms with Gasteiger partial charge in [-0.1, -0.05) is 5.16 Å². The van der Waals surface area contributed by atoms with Crippen LogP contribution in [-0.4, -0.2) is 9.56 Å². The first-order valence-electron chi connectivity index (χ1n) is 4.65. The van der Waals surface area contributed by atoms with Crippen molar-refractivity contribution >= 4 is 37.9 Å². The Morgan fingerprint density at radius 3 is 3.33 bits per heavy atom. The minimum absolute atomic E-state index is 0.874. The Bertz CT molecular complexity index is 777. The van der Waals surface area contributed by atoms with E-state index in [9.17, 15) is 0 Å². The highest BCUT2D eigenvalue weighted by molar-refractivity contribution is 7.17. The van der Waals surface area contributed by atoms with Crippen molar-refractivity contribution in [2.45, 2.75) is 0 Å². The molecule has 72 valence electrons. The molecule has 0 N–H and O–H groups in total. The first-order valence-corrected chi connectivity index (χ1v) is 5.53. The summed E-state index contributed by atoms with van der Waals surface area (Å²) in [6.07, 6.45) is 5.85. The molecule has 0 unspecified atom stereocenters. The molecule has 4 aromatic heterocycles. The summed E-state index contributed by atoms with van der Waals surface area (Å²) < 4.78 is 8.65. The van der Waals surface area contributed by atoms with Crippen LogP contribution in [0.1, 0.15) is 0 Å². The monoisotopic (exact) mass is 214 g/mol. The zero-order chi connectivity index (χ0) is 9.83. The van der Waals surface area contributed by atoms with E-state index in [2.05, 4.69) is 33.3 Å². The second-order valence-electron chi connectivity index (χ2n) is 3.51. The van der Waals surface area contributed by atoms with Gasteiger partial charge in [0.2, 0.25) is 0 Å². The predicted molar refractivity (Wildman–Crippen MR) is 60.3 cm³/mol. The van der Waals surface area contributed by atoms with E-state index in [1.807, 2.05) is 6.20 Å². The molecule has 4 heteroatoms. The van der Waals surface area contributed by atoms with Crippen molar-refractivity contribution in [1.29, 1.82) is 0 Å². The van der Waals surface area contributed by atoms with E-state index in [0.717, 1.165) is 16.5 Å². The first kappa shape index (κ1) is 7.48. The van der Waals surface area contributed by atoms with Crippen molar-refractivity contribution in [3.05, 3.63) is 36.1 Å². The van der Waals surface area contributed by atoms with Gasteiger partial charge in [-0.25, -0.2) is 0 Å². The van der Waals surface area contributed by atoms with Crippen LogP contribution in [0.25, 0.3) is 26.6 Å². The molecule has 0 spiro atoms. The summed E-state index contributed by atoms with van der Waals surface area (Å²) >= 11 is 1.74. The average molecular weight is 214 g/mol. The van der Waals surface area contributed by atoms with Crippen molar-refractivity contribution in [2.75, 3.05) is 0 Å². The summed E-state index contributed by atoms with van der Waals surface area (Å²) in [5, 5.41) is 8.20. The highest BCUT2D eigenvalue weighted by Gasteiger charge is 2.10. The number of rotatable bonds is 0. The number of aromatic nitrogens is 2.